The fraction of sp³-hybridized carbons (Fsp3) is 0.462. The summed E-state index contributed by atoms with van der Waals surface area (Å²) in [5.74, 6) is 0. The lowest BCUT2D eigenvalue weighted by Gasteiger charge is -2.21. The number of hydrogen-bond donors (Lipinski definition) is 1. The van der Waals surface area contributed by atoms with Crippen LogP contribution in [-0.2, 0) is 21.2 Å². The molecule has 1 rings (SSSR count). The van der Waals surface area contributed by atoms with Crippen LogP contribution in [0.5, 0.6) is 0 Å². The Bertz CT molecular complexity index is 549. The van der Waals surface area contributed by atoms with Gasteiger partial charge in [0.05, 0.1) is 30.6 Å². The van der Waals surface area contributed by atoms with Crippen molar-refractivity contribution in [3.8, 4) is 6.07 Å². The lowest BCUT2D eigenvalue weighted by Crippen LogP contribution is -2.36. The molecule has 1 N–H and O–H groups in total. The number of rotatable bonds is 8. The van der Waals surface area contributed by atoms with E-state index in [1.807, 2.05) is 6.07 Å². The van der Waals surface area contributed by atoms with Crippen LogP contribution in [-0.4, -0.2) is 51.2 Å². The zero-order chi connectivity index (χ0) is 15.0. The molecule has 0 aliphatic carbocycles. The fourth-order valence-electron chi connectivity index (χ4n) is 1.68. The molecule has 110 valence electrons. The van der Waals surface area contributed by atoms with Crippen molar-refractivity contribution in [3.05, 3.63) is 29.8 Å². The predicted octanol–water partition coefficient (Wildman–Crippen LogP) is 0.382. The number of sulfonamides is 1. The summed E-state index contributed by atoms with van der Waals surface area (Å²) >= 11 is 0. The Labute approximate surface area is 119 Å². The third-order valence-electron chi connectivity index (χ3n) is 2.74. The van der Waals surface area contributed by atoms with E-state index in [9.17, 15) is 8.42 Å². The SMILES string of the molecule is COCCN(CCO)S(=O)(=O)c1ccc(CC#N)cc1. The van der Waals surface area contributed by atoms with Crippen molar-refractivity contribution in [2.75, 3.05) is 33.4 Å². The first-order chi connectivity index (χ1) is 9.56. The molecule has 0 saturated carbocycles. The molecule has 0 radical (unpaired) electrons. The first-order valence-corrected chi connectivity index (χ1v) is 7.56. The highest BCUT2D eigenvalue weighted by Crippen LogP contribution is 2.16. The molecule has 0 spiro atoms. The Morgan fingerprint density at radius 1 is 1.30 bits per heavy atom. The molecule has 6 nitrogen and oxygen atoms in total. The van der Waals surface area contributed by atoms with Gasteiger partial charge in [-0.05, 0) is 17.7 Å². The van der Waals surface area contributed by atoms with Crippen molar-refractivity contribution in [1.29, 1.82) is 5.26 Å². The van der Waals surface area contributed by atoms with Crippen molar-refractivity contribution in [3.63, 3.8) is 0 Å². The summed E-state index contributed by atoms with van der Waals surface area (Å²) in [6.45, 7) is 0.201. The van der Waals surface area contributed by atoms with Crippen LogP contribution in [0.15, 0.2) is 29.2 Å². The van der Waals surface area contributed by atoms with Gasteiger partial charge in [0.1, 0.15) is 0 Å². The standard InChI is InChI=1S/C13H18N2O4S/c1-19-11-9-15(8-10-16)20(17,18)13-4-2-12(3-5-13)6-7-14/h2-5,16H,6,8-11H2,1H3. The van der Waals surface area contributed by atoms with Gasteiger partial charge in [-0.3, -0.25) is 0 Å². The number of aliphatic hydroxyl groups is 1. The molecule has 20 heavy (non-hydrogen) atoms. The molecular formula is C13H18N2O4S. The molecule has 0 heterocycles. The lowest BCUT2D eigenvalue weighted by atomic mass is 10.2. The van der Waals surface area contributed by atoms with E-state index in [-0.39, 0.29) is 37.6 Å². The quantitative estimate of drug-likeness (QED) is 0.749. The number of nitrogens with zero attached hydrogens (tertiary/aromatic N) is 2. The summed E-state index contributed by atoms with van der Waals surface area (Å²) in [5, 5.41) is 17.6. The lowest BCUT2D eigenvalue weighted by molar-refractivity contribution is 0.168. The van der Waals surface area contributed by atoms with E-state index in [0.717, 1.165) is 5.56 Å². The molecule has 0 amide bonds. The molecule has 0 aliphatic rings. The Hall–Kier alpha value is -1.46. The van der Waals surface area contributed by atoms with E-state index in [1.165, 1.54) is 23.5 Å². The Balaban J connectivity index is 2.97. The zero-order valence-electron chi connectivity index (χ0n) is 11.3. The highest BCUT2D eigenvalue weighted by atomic mass is 32.2. The zero-order valence-corrected chi connectivity index (χ0v) is 12.1. The van der Waals surface area contributed by atoms with E-state index >= 15 is 0 Å². The highest BCUT2D eigenvalue weighted by molar-refractivity contribution is 7.89. The van der Waals surface area contributed by atoms with Crippen LogP contribution in [0.3, 0.4) is 0 Å². The maximum absolute atomic E-state index is 12.4. The number of methoxy groups -OCH3 is 1. The molecule has 0 unspecified atom stereocenters. The predicted molar refractivity (Wildman–Crippen MR) is 73.5 cm³/mol. The molecule has 0 aliphatic heterocycles. The van der Waals surface area contributed by atoms with E-state index in [4.69, 9.17) is 15.1 Å². The molecule has 0 atom stereocenters. The largest absolute Gasteiger partial charge is 0.395 e. The molecule has 0 saturated heterocycles. The van der Waals surface area contributed by atoms with Crippen molar-refractivity contribution < 1.29 is 18.3 Å². The normalized spacial score (nSPS) is 11.5. The Morgan fingerprint density at radius 3 is 2.45 bits per heavy atom. The number of hydrogen-bond acceptors (Lipinski definition) is 5. The van der Waals surface area contributed by atoms with Gasteiger partial charge < -0.3 is 9.84 Å². The molecule has 1 aromatic carbocycles. The average Bonchev–Trinajstić information content (AvgIpc) is 2.44. The average molecular weight is 298 g/mol. The van der Waals surface area contributed by atoms with Crippen LogP contribution in [0, 0.1) is 11.3 Å². The number of ether oxygens (including phenoxy) is 1. The molecular weight excluding hydrogens is 280 g/mol. The Kier molecular flexibility index (Phi) is 6.61. The molecule has 0 aromatic heterocycles. The summed E-state index contributed by atoms with van der Waals surface area (Å²) in [6.07, 6.45) is 0.240. The van der Waals surface area contributed by atoms with Gasteiger partial charge in [-0.15, -0.1) is 0 Å². The van der Waals surface area contributed by atoms with Gasteiger partial charge in [0, 0.05) is 20.2 Å². The van der Waals surface area contributed by atoms with Crippen LogP contribution in [0.2, 0.25) is 0 Å². The van der Waals surface area contributed by atoms with Gasteiger partial charge in [0.2, 0.25) is 10.0 Å². The van der Waals surface area contributed by atoms with Crippen LogP contribution >= 0.6 is 0 Å². The van der Waals surface area contributed by atoms with Crippen molar-refractivity contribution in [1.82, 2.24) is 4.31 Å². The second-order valence-corrected chi connectivity index (χ2v) is 6.04. The number of aliphatic hydroxyl groups excluding tert-OH is 1. The second-order valence-electron chi connectivity index (χ2n) is 4.10. The first-order valence-electron chi connectivity index (χ1n) is 6.12. The molecule has 0 bridgehead atoms. The minimum absolute atomic E-state index is 0.0195. The Morgan fingerprint density at radius 2 is 1.95 bits per heavy atom. The maximum atomic E-state index is 12.4. The van der Waals surface area contributed by atoms with Gasteiger partial charge in [0.25, 0.3) is 0 Å². The highest BCUT2D eigenvalue weighted by Gasteiger charge is 2.23. The summed E-state index contributed by atoms with van der Waals surface area (Å²) in [7, 11) is -2.17. The summed E-state index contributed by atoms with van der Waals surface area (Å²) in [4.78, 5) is 0.142. The van der Waals surface area contributed by atoms with Crippen molar-refractivity contribution in [2.24, 2.45) is 0 Å². The van der Waals surface area contributed by atoms with Gasteiger partial charge in [0.15, 0.2) is 0 Å². The summed E-state index contributed by atoms with van der Waals surface area (Å²) in [5.41, 5.74) is 0.761. The summed E-state index contributed by atoms with van der Waals surface area (Å²) in [6, 6.07) is 8.18. The van der Waals surface area contributed by atoms with E-state index < -0.39 is 10.0 Å². The van der Waals surface area contributed by atoms with Crippen molar-refractivity contribution in [2.45, 2.75) is 11.3 Å². The van der Waals surface area contributed by atoms with E-state index in [1.54, 1.807) is 12.1 Å². The van der Waals surface area contributed by atoms with Crippen molar-refractivity contribution >= 4 is 10.0 Å². The van der Waals surface area contributed by atoms with Crippen LogP contribution in [0.25, 0.3) is 0 Å². The third-order valence-corrected chi connectivity index (χ3v) is 4.65. The number of benzene rings is 1. The molecule has 1 aromatic rings. The fourth-order valence-corrected chi connectivity index (χ4v) is 3.09. The third kappa shape index (κ3) is 4.28. The van der Waals surface area contributed by atoms with Gasteiger partial charge in [-0.25, -0.2) is 8.42 Å². The van der Waals surface area contributed by atoms with E-state index in [2.05, 4.69) is 0 Å². The minimum atomic E-state index is -3.66. The molecule has 7 heteroatoms. The van der Waals surface area contributed by atoms with Gasteiger partial charge >= 0.3 is 0 Å². The smallest absolute Gasteiger partial charge is 0.243 e. The topological polar surface area (TPSA) is 90.6 Å². The second kappa shape index (κ2) is 7.97. The van der Waals surface area contributed by atoms with Gasteiger partial charge in [-0.2, -0.15) is 9.57 Å². The first kappa shape index (κ1) is 16.6. The van der Waals surface area contributed by atoms with Crippen LogP contribution in [0.4, 0.5) is 0 Å². The number of nitriles is 1. The summed E-state index contributed by atoms with van der Waals surface area (Å²) < 4.78 is 30.8. The van der Waals surface area contributed by atoms with E-state index in [0.29, 0.717) is 0 Å². The van der Waals surface area contributed by atoms with Gasteiger partial charge in [-0.1, -0.05) is 12.1 Å². The van der Waals surface area contributed by atoms with Crippen LogP contribution < -0.4 is 0 Å². The van der Waals surface area contributed by atoms with Crippen LogP contribution in [0.1, 0.15) is 5.56 Å². The monoisotopic (exact) mass is 298 g/mol. The minimum Gasteiger partial charge on any atom is -0.395 e. The molecule has 0 fully saturated rings. The maximum Gasteiger partial charge on any atom is 0.243 e.